The van der Waals surface area contributed by atoms with Gasteiger partial charge >= 0.3 is 6.61 Å². The van der Waals surface area contributed by atoms with Crippen LogP contribution in [0.25, 0.3) is 10.9 Å². The fourth-order valence-electron chi connectivity index (χ4n) is 4.02. The van der Waals surface area contributed by atoms with E-state index in [0.717, 1.165) is 38.5 Å². The van der Waals surface area contributed by atoms with Crippen molar-refractivity contribution < 1.29 is 23.4 Å². The van der Waals surface area contributed by atoms with E-state index in [1.165, 1.54) is 18.3 Å². The summed E-state index contributed by atoms with van der Waals surface area (Å²) in [6, 6.07) is 4.50. The van der Waals surface area contributed by atoms with Crippen molar-refractivity contribution in [3.8, 4) is 5.75 Å². The van der Waals surface area contributed by atoms with Crippen LogP contribution in [0.2, 0.25) is 5.02 Å². The Morgan fingerprint density at radius 2 is 1.96 bits per heavy atom. The summed E-state index contributed by atoms with van der Waals surface area (Å²) in [4.78, 5) is 16.8. The van der Waals surface area contributed by atoms with E-state index in [0.29, 0.717) is 22.4 Å². The van der Waals surface area contributed by atoms with Crippen molar-refractivity contribution in [3.63, 3.8) is 0 Å². The van der Waals surface area contributed by atoms with Crippen molar-refractivity contribution in [2.75, 3.05) is 0 Å². The lowest BCUT2D eigenvalue weighted by Crippen LogP contribution is -2.39. The molecule has 2 aliphatic rings. The number of hydrogen-bond donors (Lipinski definition) is 2. The molecule has 4 rings (SSSR count). The van der Waals surface area contributed by atoms with E-state index in [1.54, 1.807) is 6.07 Å². The predicted octanol–water partition coefficient (Wildman–Crippen LogP) is 4.30. The number of carbonyl (C=O) groups excluding carboxylic acids is 1. The zero-order valence-electron chi connectivity index (χ0n) is 15.1. The lowest BCUT2D eigenvalue weighted by atomic mass is 9.81. The van der Waals surface area contributed by atoms with Crippen LogP contribution in [-0.4, -0.2) is 34.3 Å². The maximum atomic E-state index is 12.6. The van der Waals surface area contributed by atoms with Gasteiger partial charge in [-0.05, 0) is 56.6 Å². The Labute approximate surface area is 166 Å². The van der Waals surface area contributed by atoms with Crippen molar-refractivity contribution in [3.05, 3.63) is 35.0 Å². The van der Waals surface area contributed by atoms with Crippen LogP contribution >= 0.6 is 11.6 Å². The van der Waals surface area contributed by atoms with E-state index in [2.05, 4.69) is 15.0 Å². The second-order valence-corrected chi connectivity index (χ2v) is 8.11. The van der Waals surface area contributed by atoms with Gasteiger partial charge in [-0.2, -0.15) is 8.78 Å². The quantitative estimate of drug-likeness (QED) is 0.770. The van der Waals surface area contributed by atoms with Gasteiger partial charge in [0.2, 0.25) is 0 Å². The lowest BCUT2D eigenvalue weighted by Gasteiger charge is -2.32. The summed E-state index contributed by atoms with van der Waals surface area (Å²) in [5.41, 5.74) is 0.340. The maximum absolute atomic E-state index is 12.6. The Bertz CT molecular complexity index is 896. The van der Waals surface area contributed by atoms with E-state index < -0.39 is 12.2 Å². The second-order valence-electron chi connectivity index (χ2n) is 7.70. The van der Waals surface area contributed by atoms with Crippen LogP contribution in [0.1, 0.15) is 48.9 Å². The molecule has 0 saturated heterocycles. The lowest BCUT2D eigenvalue weighted by molar-refractivity contribution is -0.0497. The van der Waals surface area contributed by atoms with Crippen LogP contribution in [0, 0.1) is 5.92 Å². The Kier molecular flexibility index (Phi) is 5.14. The van der Waals surface area contributed by atoms with Gasteiger partial charge in [-0.3, -0.25) is 9.78 Å². The molecule has 1 aromatic heterocycles. The third-order valence-corrected chi connectivity index (χ3v) is 6.09. The molecule has 0 aliphatic heterocycles. The molecule has 0 spiro atoms. The van der Waals surface area contributed by atoms with E-state index in [1.807, 2.05) is 0 Å². The molecule has 2 saturated carbocycles. The molecular formula is C20H21ClF2N2O3. The summed E-state index contributed by atoms with van der Waals surface area (Å²) in [6.45, 7) is -2.98. The first kappa shape index (κ1) is 19.3. The molecule has 0 atom stereocenters. The number of amides is 1. The number of benzene rings is 1. The van der Waals surface area contributed by atoms with Gasteiger partial charge in [-0.1, -0.05) is 11.6 Å². The van der Waals surface area contributed by atoms with Crippen LogP contribution in [-0.2, 0) is 0 Å². The molecule has 5 nitrogen and oxygen atoms in total. The summed E-state index contributed by atoms with van der Waals surface area (Å²) in [6.07, 6.45) is 6.73. The zero-order valence-corrected chi connectivity index (χ0v) is 15.9. The Morgan fingerprint density at radius 3 is 2.61 bits per heavy atom. The fraction of sp³-hybridized carbons (Fsp3) is 0.500. The molecule has 0 unspecified atom stereocenters. The number of nitrogens with one attached hydrogen (secondary N) is 1. The minimum atomic E-state index is -2.98. The molecule has 2 aliphatic carbocycles. The number of rotatable bonds is 5. The van der Waals surface area contributed by atoms with Gasteiger partial charge in [0.1, 0.15) is 5.75 Å². The highest BCUT2D eigenvalue weighted by atomic mass is 35.5. The molecule has 28 heavy (non-hydrogen) atoms. The molecular weight excluding hydrogens is 390 g/mol. The molecule has 0 bridgehead atoms. The van der Waals surface area contributed by atoms with Gasteiger partial charge in [0.05, 0.1) is 21.7 Å². The molecule has 1 aromatic carbocycles. The number of aliphatic hydroxyl groups is 1. The first-order valence-corrected chi connectivity index (χ1v) is 9.79. The van der Waals surface area contributed by atoms with Crippen molar-refractivity contribution in [1.29, 1.82) is 0 Å². The minimum absolute atomic E-state index is 0.0310. The molecule has 150 valence electrons. The molecule has 2 aromatic rings. The monoisotopic (exact) mass is 410 g/mol. The minimum Gasteiger partial charge on any atom is -0.433 e. The summed E-state index contributed by atoms with van der Waals surface area (Å²) in [7, 11) is 0. The van der Waals surface area contributed by atoms with Gasteiger partial charge in [0, 0.05) is 23.7 Å². The largest absolute Gasteiger partial charge is 0.433 e. The number of hydrogen-bond acceptors (Lipinski definition) is 4. The van der Waals surface area contributed by atoms with Crippen molar-refractivity contribution in [2.24, 2.45) is 5.92 Å². The SMILES string of the molecule is O=C(N[C@H]1CC[C@H](C2(O)CC2)CC1)c1cnc2cc(OC(F)F)c(Cl)cc2c1. The highest BCUT2D eigenvalue weighted by Gasteiger charge is 2.48. The number of nitrogens with zero attached hydrogens (tertiary/aromatic N) is 1. The van der Waals surface area contributed by atoms with E-state index >= 15 is 0 Å². The highest BCUT2D eigenvalue weighted by molar-refractivity contribution is 6.32. The number of pyridine rings is 1. The summed E-state index contributed by atoms with van der Waals surface area (Å²) < 4.78 is 29.2. The number of fused-ring (bicyclic) bond motifs is 1. The number of carbonyl (C=O) groups is 1. The summed E-state index contributed by atoms with van der Waals surface area (Å²) in [5, 5.41) is 13.9. The predicted molar refractivity (Wildman–Crippen MR) is 101 cm³/mol. The van der Waals surface area contributed by atoms with E-state index in [-0.39, 0.29) is 22.7 Å². The summed E-state index contributed by atoms with van der Waals surface area (Å²) >= 11 is 5.98. The van der Waals surface area contributed by atoms with Gasteiger partial charge in [-0.15, -0.1) is 0 Å². The van der Waals surface area contributed by atoms with Crippen molar-refractivity contribution in [2.45, 2.75) is 56.8 Å². The van der Waals surface area contributed by atoms with Gasteiger partial charge < -0.3 is 15.2 Å². The van der Waals surface area contributed by atoms with Crippen LogP contribution < -0.4 is 10.1 Å². The Hall–Kier alpha value is -1.99. The number of halogens is 3. The normalized spacial score (nSPS) is 23.6. The smallest absolute Gasteiger partial charge is 0.387 e. The van der Waals surface area contributed by atoms with Gasteiger partial charge in [0.25, 0.3) is 5.91 Å². The second kappa shape index (κ2) is 7.44. The third kappa shape index (κ3) is 4.05. The van der Waals surface area contributed by atoms with Crippen LogP contribution in [0.3, 0.4) is 0 Å². The molecule has 1 heterocycles. The molecule has 1 amide bonds. The van der Waals surface area contributed by atoms with Crippen LogP contribution in [0.5, 0.6) is 5.75 Å². The van der Waals surface area contributed by atoms with Gasteiger partial charge in [-0.25, -0.2) is 0 Å². The standard InChI is InChI=1S/C20H21ClF2N2O3/c21-15-8-11-7-12(10-24-16(11)9-17(15)28-19(22)23)18(26)25-14-3-1-13(2-4-14)20(27)5-6-20/h7-10,13-14,19,27H,1-6H2,(H,25,26)/t13-,14-. The maximum Gasteiger partial charge on any atom is 0.387 e. The molecule has 0 radical (unpaired) electrons. The van der Waals surface area contributed by atoms with E-state index in [9.17, 15) is 18.7 Å². The van der Waals surface area contributed by atoms with Crippen molar-refractivity contribution >= 4 is 28.4 Å². The van der Waals surface area contributed by atoms with Crippen LogP contribution in [0.15, 0.2) is 24.4 Å². The third-order valence-electron chi connectivity index (χ3n) is 5.80. The average molecular weight is 411 g/mol. The summed E-state index contributed by atoms with van der Waals surface area (Å²) in [5.74, 6) is -0.0373. The molecule has 8 heteroatoms. The molecule has 2 N–H and O–H groups in total. The number of alkyl halides is 2. The van der Waals surface area contributed by atoms with E-state index in [4.69, 9.17) is 11.6 Å². The molecule has 2 fully saturated rings. The first-order valence-electron chi connectivity index (χ1n) is 9.41. The topological polar surface area (TPSA) is 71.5 Å². The Morgan fingerprint density at radius 1 is 1.25 bits per heavy atom. The zero-order chi connectivity index (χ0) is 19.9. The van der Waals surface area contributed by atoms with Crippen molar-refractivity contribution in [1.82, 2.24) is 10.3 Å². The Balaban J connectivity index is 1.43. The fourth-order valence-corrected chi connectivity index (χ4v) is 4.24. The van der Waals surface area contributed by atoms with Crippen LogP contribution in [0.4, 0.5) is 8.78 Å². The first-order chi connectivity index (χ1) is 13.3. The number of ether oxygens (including phenoxy) is 1. The average Bonchev–Trinajstić information content (AvgIpc) is 3.41. The van der Waals surface area contributed by atoms with Gasteiger partial charge in [0.15, 0.2) is 0 Å². The number of aromatic nitrogens is 1. The highest BCUT2D eigenvalue weighted by Crippen LogP contribution is 2.48.